The van der Waals surface area contributed by atoms with Crippen LogP contribution in [0.15, 0.2) is 24.3 Å². The van der Waals surface area contributed by atoms with E-state index in [0.717, 1.165) is 6.42 Å². The number of nitrogens with one attached hydrogen (secondary N) is 1. The molecule has 0 aliphatic rings. The summed E-state index contributed by atoms with van der Waals surface area (Å²) in [5.41, 5.74) is 0. The number of unbranched alkanes of at least 4 members (excludes halogenated alkanes) is 1. The zero-order chi connectivity index (χ0) is 14.1. The fourth-order valence-corrected chi connectivity index (χ4v) is 2.71. The number of hydrogen-bond acceptors (Lipinski definition) is 4. The van der Waals surface area contributed by atoms with Crippen LogP contribution in [0.2, 0.25) is 0 Å². The van der Waals surface area contributed by atoms with Crippen LogP contribution in [0, 0.1) is 0 Å². The smallest absolute Gasteiger partial charge is 0.211 e. The van der Waals surface area contributed by atoms with E-state index in [9.17, 15) is 8.42 Å². The first-order valence-electron chi connectivity index (χ1n) is 6.32. The van der Waals surface area contributed by atoms with Crippen molar-refractivity contribution in [3.63, 3.8) is 0 Å². The molecule has 0 aliphatic carbocycles. The molecule has 1 aromatic rings. The first-order valence-corrected chi connectivity index (χ1v) is 7.97. The molecule has 0 heterocycles. The summed E-state index contributed by atoms with van der Waals surface area (Å²) in [6, 6.07) is 7.26. The lowest BCUT2D eigenvalue weighted by atomic mass is 10.3. The van der Waals surface area contributed by atoms with E-state index >= 15 is 0 Å². The molecular formula is C13H21NO4S. The van der Waals surface area contributed by atoms with Crippen LogP contribution in [0.4, 0.5) is 0 Å². The second-order valence-corrected chi connectivity index (χ2v) is 5.99. The quantitative estimate of drug-likeness (QED) is 0.703. The van der Waals surface area contributed by atoms with Gasteiger partial charge in [0.2, 0.25) is 10.0 Å². The first-order chi connectivity index (χ1) is 9.09. The number of benzene rings is 1. The van der Waals surface area contributed by atoms with Crippen molar-refractivity contribution in [2.45, 2.75) is 19.8 Å². The van der Waals surface area contributed by atoms with Crippen molar-refractivity contribution < 1.29 is 17.9 Å². The third-order valence-electron chi connectivity index (χ3n) is 2.52. The van der Waals surface area contributed by atoms with Crippen LogP contribution in [-0.2, 0) is 10.0 Å². The number of hydrogen-bond donors (Lipinski definition) is 1. The second-order valence-electron chi connectivity index (χ2n) is 4.07. The van der Waals surface area contributed by atoms with Crippen LogP contribution in [0.3, 0.4) is 0 Å². The Kier molecular flexibility index (Phi) is 6.66. The number of sulfonamides is 1. The highest BCUT2D eigenvalue weighted by atomic mass is 32.2. The maximum absolute atomic E-state index is 11.5. The largest absolute Gasteiger partial charge is 0.493 e. The van der Waals surface area contributed by atoms with Crippen LogP contribution >= 0.6 is 0 Å². The van der Waals surface area contributed by atoms with Crippen molar-refractivity contribution in [1.82, 2.24) is 4.72 Å². The van der Waals surface area contributed by atoms with Crippen LogP contribution in [0.5, 0.6) is 11.5 Å². The molecule has 0 saturated carbocycles. The lowest BCUT2D eigenvalue weighted by molar-refractivity contribution is 0.298. The molecule has 0 aliphatic heterocycles. The van der Waals surface area contributed by atoms with Gasteiger partial charge in [0.15, 0.2) is 11.5 Å². The van der Waals surface area contributed by atoms with Gasteiger partial charge in [0.1, 0.15) is 6.61 Å². The third kappa shape index (κ3) is 5.94. The lowest BCUT2D eigenvalue weighted by Gasteiger charge is -2.11. The highest BCUT2D eigenvalue weighted by Crippen LogP contribution is 2.25. The Balaban J connectivity index is 2.35. The second kappa shape index (κ2) is 8.01. The van der Waals surface area contributed by atoms with Crippen molar-refractivity contribution >= 4 is 10.0 Å². The van der Waals surface area contributed by atoms with Crippen molar-refractivity contribution in [2.75, 3.05) is 26.0 Å². The highest BCUT2D eigenvalue weighted by Gasteiger charge is 2.08. The predicted octanol–water partition coefficient (Wildman–Crippen LogP) is 1.79. The number of methoxy groups -OCH3 is 1. The predicted molar refractivity (Wildman–Crippen MR) is 75.2 cm³/mol. The highest BCUT2D eigenvalue weighted by molar-refractivity contribution is 7.89. The molecule has 1 aromatic carbocycles. The SMILES string of the molecule is CCCCS(=O)(=O)NCCOc1ccccc1OC. The fraction of sp³-hybridized carbons (Fsp3) is 0.538. The summed E-state index contributed by atoms with van der Waals surface area (Å²) >= 11 is 0. The Bertz CT molecular complexity index is 473. The van der Waals surface area contributed by atoms with Crippen molar-refractivity contribution in [3.8, 4) is 11.5 Å². The van der Waals surface area contributed by atoms with Crippen LogP contribution in [0.1, 0.15) is 19.8 Å². The Morgan fingerprint density at radius 3 is 2.53 bits per heavy atom. The molecular weight excluding hydrogens is 266 g/mol. The minimum Gasteiger partial charge on any atom is -0.493 e. The van der Waals surface area contributed by atoms with Crippen molar-refractivity contribution in [2.24, 2.45) is 0 Å². The molecule has 1 N–H and O–H groups in total. The van der Waals surface area contributed by atoms with Gasteiger partial charge in [-0.05, 0) is 18.6 Å². The molecule has 0 spiro atoms. The number of ether oxygens (including phenoxy) is 2. The molecule has 0 aromatic heterocycles. The zero-order valence-corrected chi connectivity index (χ0v) is 12.2. The van der Waals surface area contributed by atoms with Gasteiger partial charge in [-0.3, -0.25) is 0 Å². The number of para-hydroxylation sites is 2. The van der Waals surface area contributed by atoms with Gasteiger partial charge in [-0.1, -0.05) is 25.5 Å². The molecule has 1 rings (SSSR count). The van der Waals surface area contributed by atoms with E-state index in [2.05, 4.69) is 4.72 Å². The molecule has 108 valence electrons. The standard InChI is InChI=1S/C13H21NO4S/c1-3-4-11-19(15,16)14-9-10-18-13-8-6-5-7-12(13)17-2/h5-8,14H,3-4,9-11H2,1-2H3. The average molecular weight is 287 g/mol. The van der Waals surface area contributed by atoms with Crippen LogP contribution < -0.4 is 14.2 Å². The van der Waals surface area contributed by atoms with E-state index in [1.165, 1.54) is 0 Å². The molecule has 0 atom stereocenters. The third-order valence-corrected chi connectivity index (χ3v) is 3.99. The average Bonchev–Trinajstić information content (AvgIpc) is 2.42. The van der Waals surface area contributed by atoms with E-state index in [4.69, 9.17) is 9.47 Å². The van der Waals surface area contributed by atoms with E-state index in [1.54, 1.807) is 19.2 Å². The monoisotopic (exact) mass is 287 g/mol. The Hall–Kier alpha value is -1.27. The summed E-state index contributed by atoms with van der Waals surface area (Å²) in [4.78, 5) is 0. The van der Waals surface area contributed by atoms with Gasteiger partial charge < -0.3 is 9.47 Å². The number of rotatable bonds is 9. The molecule has 0 bridgehead atoms. The van der Waals surface area contributed by atoms with E-state index < -0.39 is 10.0 Å². The van der Waals surface area contributed by atoms with Crippen LogP contribution in [0.25, 0.3) is 0 Å². The Labute approximate surface area is 115 Å². The maximum Gasteiger partial charge on any atom is 0.211 e. The van der Waals surface area contributed by atoms with Gasteiger partial charge in [-0.15, -0.1) is 0 Å². The summed E-state index contributed by atoms with van der Waals surface area (Å²) in [6.07, 6.45) is 1.53. The van der Waals surface area contributed by atoms with Crippen molar-refractivity contribution in [1.29, 1.82) is 0 Å². The summed E-state index contributed by atoms with van der Waals surface area (Å²) in [5, 5.41) is 0. The van der Waals surface area contributed by atoms with Gasteiger partial charge in [0.25, 0.3) is 0 Å². The normalized spacial score (nSPS) is 11.3. The van der Waals surface area contributed by atoms with Gasteiger partial charge >= 0.3 is 0 Å². The van der Waals surface area contributed by atoms with E-state index in [0.29, 0.717) is 17.9 Å². The molecule has 0 unspecified atom stereocenters. The zero-order valence-electron chi connectivity index (χ0n) is 11.4. The lowest BCUT2D eigenvalue weighted by Crippen LogP contribution is -2.30. The Morgan fingerprint density at radius 1 is 1.21 bits per heavy atom. The van der Waals surface area contributed by atoms with E-state index in [-0.39, 0.29) is 18.9 Å². The summed E-state index contributed by atoms with van der Waals surface area (Å²) < 4.78 is 36.2. The molecule has 0 fully saturated rings. The molecule has 19 heavy (non-hydrogen) atoms. The molecule has 6 heteroatoms. The van der Waals surface area contributed by atoms with E-state index in [1.807, 2.05) is 19.1 Å². The fourth-order valence-electron chi connectivity index (χ4n) is 1.50. The molecule has 0 saturated heterocycles. The topological polar surface area (TPSA) is 64.6 Å². The van der Waals surface area contributed by atoms with Crippen molar-refractivity contribution in [3.05, 3.63) is 24.3 Å². The van der Waals surface area contributed by atoms with Gasteiger partial charge in [0.05, 0.1) is 12.9 Å². The summed E-state index contributed by atoms with van der Waals surface area (Å²) in [5.74, 6) is 1.41. The minimum absolute atomic E-state index is 0.165. The minimum atomic E-state index is -3.18. The van der Waals surface area contributed by atoms with Crippen LogP contribution in [-0.4, -0.2) is 34.4 Å². The summed E-state index contributed by atoms with van der Waals surface area (Å²) in [7, 11) is -1.61. The first kappa shape index (κ1) is 15.8. The van der Waals surface area contributed by atoms with Gasteiger partial charge in [-0.25, -0.2) is 13.1 Å². The van der Waals surface area contributed by atoms with Gasteiger partial charge in [0, 0.05) is 6.54 Å². The van der Waals surface area contributed by atoms with Gasteiger partial charge in [-0.2, -0.15) is 0 Å². The molecule has 0 amide bonds. The Morgan fingerprint density at radius 2 is 1.89 bits per heavy atom. The maximum atomic E-state index is 11.5. The molecule has 0 radical (unpaired) electrons. The summed E-state index contributed by atoms with van der Waals surface area (Å²) in [6.45, 7) is 2.48. The molecule has 5 nitrogen and oxygen atoms in total.